The number of nitrogens with one attached hydrogen (secondary N) is 1. The number of ether oxygens (including phenoxy) is 1. The van der Waals surface area contributed by atoms with Crippen molar-refractivity contribution in [3.05, 3.63) is 82.7 Å². The number of halogens is 1. The number of fused-ring (bicyclic) bond motifs is 1. The van der Waals surface area contributed by atoms with E-state index in [2.05, 4.69) is 26.0 Å². The molecule has 0 spiro atoms. The number of esters is 1. The zero-order chi connectivity index (χ0) is 17.2. The van der Waals surface area contributed by atoms with Crippen LogP contribution in [-0.2, 0) is 11.3 Å². The molecule has 124 valence electrons. The second kappa shape index (κ2) is 6.57. The minimum Gasteiger partial charge on any atom is -0.456 e. The van der Waals surface area contributed by atoms with E-state index >= 15 is 0 Å². The lowest BCUT2D eigenvalue weighted by Gasteiger charge is -2.06. The molecule has 0 aliphatic carbocycles. The summed E-state index contributed by atoms with van der Waals surface area (Å²) in [5.41, 5.74) is 3.19. The molecule has 0 atom stereocenters. The standard InChI is InChI=1S/C19H14BrN3O2/c20-17-15-4-1-2-5-16(15)22-18(17)19(24)25-12-13-6-8-14(9-7-13)23-11-3-10-21-23/h1-11,22H,12H2. The molecule has 0 aliphatic rings. The number of aromatic amines is 1. The first-order valence-electron chi connectivity index (χ1n) is 7.74. The van der Waals surface area contributed by atoms with Gasteiger partial charge in [-0.15, -0.1) is 0 Å². The Labute approximate surface area is 152 Å². The minimum atomic E-state index is -0.390. The molecule has 5 nitrogen and oxygen atoms in total. The van der Waals surface area contributed by atoms with E-state index in [9.17, 15) is 4.79 Å². The number of aromatic nitrogens is 3. The van der Waals surface area contributed by atoms with Crippen LogP contribution in [0.15, 0.2) is 71.5 Å². The number of carbonyl (C=O) groups excluding carboxylic acids is 1. The van der Waals surface area contributed by atoms with E-state index in [1.807, 2.05) is 60.8 Å². The number of rotatable bonds is 4. The Morgan fingerprint density at radius 2 is 1.92 bits per heavy atom. The molecule has 4 aromatic rings. The van der Waals surface area contributed by atoms with Gasteiger partial charge in [-0.25, -0.2) is 9.48 Å². The number of nitrogens with zero attached hydrogens (tertiary/aromatic N) is 2. The van der Waals surface area contributed by atoms with Gasteiger partial charge in [0.15, 0.2) is 0 Å². The molecule has 1 N–H and O–H groups in total. The SMILES string of the molecule is O=C(OCc1ccc(-n2cccn2)cc1)c1[nH]c2ccccc2c1Br. The summed E-state index contributed by atoms with van der Waals surface area (Å²) in [5.74, 6) is -0.390. The summed E-state index contributed by atoms with van der Waals surface area (Å²) >= 11 is 3.47. The quantitative estimate of drug-likeness (QED) is 0.518. The molecule has 0 fully saturated rings. The summed E-state index contributed by atoms with van der Waals surface area (Å²) in [7, 11) is 0. The normalized spacial score (nSPS) is 10.9. The van der Waals surface area contributed by atoms with Crippen LogP contribution in [0.25, 0.3) is 16.6 Å². The third kappa shape index (κ3) is 3.08. The van der Waals surface area contributed by atoms with Gasteiger partial charge in [-0.05, 0) is 45.8 Å². The van der Waals surface area contributed by atoms with Crippen molar-refractivity contribution in [2.75, 3.05) is 0 Å². The van der Waals surface area contributed by atoms with E-state index < -0.39 is 0 Å². The Morgan fingerprint density at radius 3 is 2.64 bits per heavy atom. The Hall–Kier alpha value is -2.86. The van der Waals surface area contributed by atoms with Gasteiger partial charge in [-0.3, -0.25) is 0 Å². The fraction of sp³-hybridized carbons (Fsp3) is 0.0526. The smallest absolute Gasteiger partial charge is 0.356 e. The molecular weight excluding hydrogens is 382 g/mol. The first kappa shape index (κ1) is 15.7. The number of H-pyrrole nitrogens is 1. The van der Waals surface area contributed by atoms with Crippen LogP contribution in [0.2, 0.25) is 0 Å². The second-order valence-corrected chi connectivity index (χ2v) is 6.35. The van der Waals surface area contributed by atoms with Crippen LogP contribution < -0.4 is 0 Å². The van der Waals surface area contributed by atoms with E-state index in [4.69, 9.17) is 4.74 Å². The van der Waals surface area contributed by atoms with Gasteiger partial charge in [0.05, 0.1) is 10.2 Å². The lowest BCUT2D eigenvalue weighted by Crippen LogP contribution is -2.06. The van der Waals surface area contributed by atoms with Crippen molar-refractivity contribution in [3.8, 4) is 5.69 Å². The zero-order valence-corrected chi connectivity index (χ0v) is 14.7. The van der Waals surface area contributed by atoms with Crippen LogP contribution >= 0.6 is 15.9 Å². The molecule has 2 aromatic heterocycles. The molecule has 0 saturated heterocycles. The van der Waals surface area contributed by atoms with Crippen molar-refractivity contribution in [3.63, 3.8) is 0 Å². The number of hydrogen-bond acceptors (Lipinski definition) is 3. The Bertz CT molecular complexity index is 1020. The predicted octanol–water partition coefficient (Wildman–Crippen LogP) is 4.47. The van der Waals surface area contributed by atoms with E-state index in [0.717, 1.165) is 26.6 Å². The number of benzene rings is 2. The second-order valence-electron chi connectivity index (χ2n) is 5.55. The van der Waals surface area contributed by atoms with E-state index in [-0.39, 0.29) is 12.6 Å². The fourth-order valence-electron chi connectivity index (χ4n) is 2.64. The van der Waals surface area contributed by atoms with Gasteiger partial charge in [0, 0.05) is 23.3 Å². The van der Waals surface area contributed by atoms with Crippen LogP contribution in [0.5, 0.6) is 0 Å². The van der Waals surface area contributed by atoms with Crippen LogP contribution in [0, 0.1) is 0 Å². The molecule has 2 aromatic carbocycles. The first-order valence-corrected chi connectivity index (χ1v) is 8.54. The molecule has 0 aliphatic heterocycles. The highest BCUT2D eigenvalue weighted by Crippen LogP contribution is 2.28. The summed E-state index contributed by atoms with van der Waals surface area (Å²) in [6.45, 7) is 0.208. The van der Waals surface area contributed by atoms with E-state index in [1.165, 1.54) is 0 Å². The summed E-state index contributed by atoms with van der Waals surface area (Å²) < 4.78 is 7.93. The minimum absolute atomic E-state index is 0.208. The van der Waals surface area contributed by atoms with Crippen LogP contribution in [0.1, 0.15) is 16.1 Å². The highest BCUT2D eigenvalue weighted by molar-refractivity contribution is 9.10. The van der Waals surface area contributed by atoms with Crippen molar-refractivity contribution < 1.29 is 9.53 Å². The van der Waals surface area contributed by atoms with Crippen molar-refractivity contribution in [2.45, 2.75) is 6.61 Å². The Kier molecular flexibility index (Phi) is 4.11. The van der Waals surface area contributed by atoms with Gasteiger partial charge in [-0.1, -0.05) is 30.3 Å². The highest BCUT2D eigenvalue weighted by atomic mass is 79.9. The largest absolute Gasteiger partial charge is 0.456 e. The van der Waals surface area contributed by atoms with Crippen LogP contribution in [0.4, 0.5) is 0 Å². The predicted molar refractivity (Wildman–Crippen MR) is 98.7 cm³/mol. The number of carbonyl (C=O) groups is 1. The lowest BCUT2D eigenvalue weighted by molar-refractivity contribution is 0.0466. The average molecular weight is 396 g/mol. The van der Waals surface area contributed by atoms with Crippen molar-refractivity contribution in [1.82, 2.24) is 14.8 Å². The summed E-state index contributed by atoms with van der Waals surface area (Å²) in [6.07, 6.45) is 3.61. The molecule has 0 unspecified atom stereocenters. The van der Waals surface area contributed by atoms with Gasteiger partial charge in [0.2, 0.25) is 0 Å². The maximum absolute atomic E-state index is 12.4. The van der Waals surface area contributed by atoms with Gasteiger partial charge in [-0.2, -0.15) is 5.10 Å². The lowest BCUT2D eigenvalue weighted by atomic mass is 10.2. The van der Waals surface area contributed by atoms with Crippen molar-refractivity contribution >= 4 is 32.8 Å². The Balaban J connectivity index is 1.47. The average Bonchev–Trinajstić information content (AvgIpc) is 3.29. The molecule has 0 bridgehead atoms. The molecule has 4 rings (SSSR count). The molecule has 0 saturated carbocycles. The Morgan fingerprint density at radius 1 is 1.12 bits per heavy atom. The molecule has 0 radical (unpaired) electrons. The summed E-state index contributed by atoms with van der Waals surface area (Å²) in [4.78, 5) is 15.5. The van der Waals surface area contributed by atoms with Gasteiger partial charge < -0.3 is 9.72 Å². The molecule has 0 amide bonds. The first-order chi connectivity index (χ1) is 12.2. The van der Waals surface area contributed by atoms with Gasteiger partial charge >= 0.3 is 5.97 Å². The van der Waals surface area contributed by atoms with Gasteiger partial charge in [0.25, 0.3) is 0 Å². The zero-order valence-electron chi connectivity index (χ0n) is 13.1. The van der Waals surface area contributed by atoms with Crippen LogP contribution in [0.3, 0.4) is 0 Å². The molecule has 6 heteroatoms. The van der Waals surface area contributed by atoms with Crippen molar-refractivity contribution in [1.29, 1.82) is 0 Å². The third-order valence-corrected chi connectivity index (χ3v) is 4.75. The maximum atomic E-state index is 12.4. The molecular formula is C19H14BrN3O2. The van der Waals surface area contributed by atoms with Crippen LogP contribution in [-0.4, -0.2) is 20.7 Å². The van der Waals surface area contributed by atoms with E-state index in [1.54, 1.807) is 10.9 Å². The number of hydrogen-bond donors (Lipinski definition) is 1. The summed E-state index contributed by atoms with van der Waals surface area (Å²) in [5, 5.41) is 5.14. The van der Waals surface area contributed by atoms with E-state index in [0.29, 0.717) is 5.69 Å². The monoisotopic (exact) mass is 395 g/mol. The third-order valence-electron chi connectivity index (χ3n) is 3.92. The van der Waals surface area contributed by atoms with Gasteiger partial charge in [0.1, 0.15) is 12.3 Å². The molecule has 2 heterocycles. The topological polar surface area (TPSA) is 59.9 Å². The fourth-order valence-corrected chi connectivity index (χ4v) is 3.24. The highest BCUT2D eigenvalue weighted by Gasteiger charge is 2.17. The van der Waals surface area contributed by atoms with Crippen molar-refractivity contribution in [2.24, 2.45) is 0 Å². The summed E-state index contributed by atoms with van der Waals surface area (Å²) in [6, 6.07) is 17.3. The maximum Gasteiger partial charge on any atom is 0.356 e. The molecule has 25 heavy (non-hydrogen) atoms. The number of para-hydroxylation sites is 1.